The van der Waals surface area contributed by atoms with Crippen molar-refractivity contribution in [3.8, 4) is 0 Å². The Bertz CT molecular complexity index is 474. The number of nitrogens with zero attached hydrogens (tertiary/aromatic N) is 2. The van der Waals surface area contributed by atoms with Gasteiger partial charge in [0.2, 0.25) is 5.91 Å². The number of aliphatic carboxylic acids is 1. The van der Waals surface area contributed by atoms with Crippen LogP contribution in [0.1, 0.15) is 24.1 Å². The van der Waals surface area contributed by atoms with E-state index in [9.17, 15) is 9.59 Å². The van der Waals surface area contributed by atoms with E-state index >= 15 is 0 Å². The SMILES string of the molecule is Cc1c(CNC(=O)C2(C(=O)O)CC2)cnn1C. The van der Waals surface area contributed by atoms with Crippen LogP contribution < -0.4 is 5.32 Å². The number of hydrogen-bond acceptors (Lipinski definition) is 3. The molecule has 0 radical (unpaired) electrons. The molecule has 0 unspecified atom stereocenters. The molecule has 0 spiro atoms. The monoisotopic (exact) mass is 237 g/mol. The minimum atomic E-state index is -1.17. The fraction of sp³-hybridized carbons (Fsp3) is 0.545. The average Bonchev–Trinajstić information content (AvgIpc) is 3.03. The standard InChI is InChI=1S/C11H15N3O3/c1-7-8(6-13-14(7)2)5-12-9(15)11(3-4-11)10(16)17/h6H,3-5H2,1-2H3,(H,12,15)(H,16,17). The van der Waals surface area contributed by atoms with E-state index in [0.29, 0.717) is 19.4 Å². The zero-order valence-corrected chi connectivity index (χ0v) is 9.86. The van der Waals surface area contributed by atoms with Gasteiger partial charge in [0.25, 0.3) is 0 Å². The van der Waals surface area contributed by atoms with Gasteiger partial charge in [0.1, 0.15) is 5.41 Å². The lowest BCUT2D eigenvalue weighted by molar-refractivity contribution is -0.149. The van der Waals surface area contributed by atoms with Crippen LogP contribution >= 0.6 is 0 Å². The molecule has 1 aliphatic carbocycles. The molecular formula is C11H15N3O3. The van der Waals surface area contributed by atoms with Crippen molar-refractivity contribution in [1.29, 1.82) is 0 Å². The summed E-state index contributed by atoms with van der Waals surface area (Å²) in [6.45, 7) is 2.23. The van der Waals surface area contributed by atoms with Crippen LogP contribution in [0.2, 0.25) is 0 Å². The van der Waals surface area contributed by atoms with Gasteiger partial charge in [-0.2, -0.15) is 5.10 Å². The van der Waals surface area contributed by atoms with Crippen molar-refractivity contribution >= 4 is 11.9 Å². The normalized spacial score (nSPS) is 16.6. The molecule has 2 rings (SSSR count). The fourth-order valence-corrected chi connectivity index (χ4v) is 1.73. The third-order valence-corrected chi connectivity index (χ3v) is 3.37. The van der Waals surface area contributed by atoms with Gasteiger partial charge in [-0.3, -0.25) is 14.3 Å². The molecule has 0 aromatic carbocycles. The molecule has 1 aliphatic rings. The topological polar surface area (TPSA) is 84.2 Å². The third kappa shape index (κ3) is 1.90. The Morgan fingerprint density at radius 3 is 2.65 bits per heavy atom. The smallest absolute Gasteiger partial charge is 0.319 e. The van der Waals surface area contributed by atoms with Gasteiger partial charge in [-0.15, -0.1) is 0 Å². The summed E-state index contributed by atoms with van der Waals surface area (Å²) < 4.78 is 1.71. The molecule has 1 fully saturated rings. The predicted molar refractivity (Wildman–Crippen MR) is 59.1 cm³/mol. The van der Waals surface area contributed by atoms with Crippen LogP contribution in [0.15, 0.2) is 6.20 Å². The molecule has 0 aliphatic heterocycles. The maximum atomic E-state index is 11.7. The summed E-state index contributed by atoms with van der Waals surface area (Å²) >= 11 is 0. The molecule has 1 heterocycles. The second kappa shape index (κ2) is 3.87. The van der Waals surface area contributed by atoms with Gasteiger partial charge < -0.3 is 10.4 Å². The Labute approximate surface area is 98.6 Å². The Morgan fingerprint density at radius 1 is 1.59 bits per heavy atom. The highest BCUT2D eigenvalue weighted by molar-refractivity contribution is 6.04. The van der Waals surface area contributed by atoms with Crippen LogP contribution in [0.25, 0.3) is 0 Å². The van der Waals surface area contributed by atoms with Crippen LogP contribution in [0.5, 0.6) is 0 Å². The van der Waals surface area contributed by atoms with Crippen molar-refractivity contribution < 1.29 is 14.7 Å². The molecule has 17 heavy (non-hydrogen) atoms. The Morgan fingerprint density at radius 2 is 2.24 bits per heavy atom. The molecular weight excluding hydrogens is 222 g/mol. The van der Waals surface area contributed by atoms with Crippen molar-refractivity contribution in [2.24, 2.45) is 12.5 Å². The van der Waals surface area contributed by atoms with Gasteiger partial charge in [0, 0.05) is 24.8 Å². The van der Waals surface area contributed by atoms with E-state index in [2.05, 4.69) is 10.4 Å². The molecule has 0 saturated heterocycles. The number of carboxylic acids is 1. The molecule has 1 aromatic rings. The number of rotatable bonds is 4. The van der Waals surface area contributed by atoms with Gasteiger partial charge in [-0.05, 0) is 19.8 Å². The maximum Gasteiger partial charge on any atom is 0.319 e. The number of aryl methyl sites for hydroxylation is 1. The number of amides is 1. The highest BCUT2D eigenvalue weighted by Gasteiger charge is 2.56. The van der Waals surface area contributed by atoms with E-state index in [1.54, 1.807) is 10.9 Å². The summed E-state index contributed by atoms with van der Waals surface area (Å²) in [6.07, 6.45) is 2.54. The molecule has 6 nitrogen and oxygen atoms in total. The van der Waals surface area contributed by atoms with Crippen molar-refractivity contribution in [3.63, 3.8) is 0 Å². The number of carboxylic acid groups (broad SMARTS) is 1. The van der Waals surface area contributed by atoms with E-state index in [0.717, 1.165) is 11.3 Å². The lowest BCUT2D eigenvalue weighted by atomic mass is 10.1. The number of carbonyl (C=O) groups excluding carboxylic acids is 1. The highest BCUT2D eigenvalue weighted by Crippen LogP contribution is 2.46. The van der Waals surface area contributed by atoms with Crippen LogP contribution in [-0.2, 0) is 23.2 Å². The predicted octanol–water partition coefficient (Wildman–Crippen LogP) is 0.210. The van der Waals surface area contributed by atoms with Gasteiger partial charge in [0.15, 0.2) is 0 Å². The van der Waals surface area contributed by atoms with Crippen molar-refractivity contribution in [2.75, 3.05) is 0 Å². The Hall–Kier alpha value is -1.85. The number of nitrogens with one attached hydrogen (secondary N) is 1. The molecule has 0 atom stereocenters. The number of hydrogen-bond donors (Lipinski definition) is 2. The van der Waals surface area contributed by atoms with E-state index in [1.165, 1.54) is 0 Å². The van der Waals surface area contributed by atoms with Crippen molar-refractivity contribution in [3.05, 3.63) is 17.5 Å². The summed E-state index contributed by atoms with van der Waals surface area (Å²) in [5, 5.41) is 15.7. The first kappa shape index (κ1) is 11.6. The summed E-state index contributed by atoms with van der Waals surface area (Å²) in [4.78, 5) is 22.7. The van der Waals surface area contributed by atoms with Gasteiger partial charge in [-0.25, -0.2) is 0 Å². The Balaban J connectivity index is 1.98. The van der Waals surface area contributed by atoms with Crippen LogP contribution in [0.4, 0.5) is 0 Å². The molecule has 1 saturated carbocycles. The molecule has 92 valence electrons. The second-order valence-electron chi connectivity index (χ2n) is 4.45. The summed E-state index contributed by atoms with van der Waals surface area (Å²) in [5.74, 6) is -1.42. The molecule has 0 bridgehead atoms. The first-order valence-electron chi connectivity index (χ1n) is 5.46. The fourth-order valence-electron chi connectivity index (χ4n) is 1.73. The van der Waals surface area contributed by atoms with Crippen LogP contribution in [0.3, 0.4) is 0 Å². The minimum Gasteiger partial charge on any atom is -0.480 e. The second-order valence-corrected chi connectivity index (χ2v) is 4.45. The molecule has 6 heteroatoms. The van der Waals surface area contributed by atoms with E-state index in [4.69, 9.17) is 5.11 Å². The van der Waals surface area contributed by atoms with Gasteiger partial charge >= 0.3 is 5.97 Å². The summed E-state index contributed by atoms with van der Waals surface area (Å²) in [6, 6.07) is 0. The molecule has 1 aromatic heterocycles. The average molecular weight is 237 g/mol. The Kier molecular flexibility index (Phi) is 2.65. The molecule has 1 amide bonds. The first-order chi connectivity index (χ1) is 7.97. The number of carbonyl (C=O) groups is 2. The van der Waals surface area contributed by atoms with Crippen molar-refractivity contribution in [1.82, 2.24) is 15.1 Å². The van der Waals surface area contributed by atoms with E-state index in [-0.39, 0.29) is 0 Å². The van der Waals surface area contributed by atoms with Crippen LogP contribution in [0, 0.1) is 12.3 Å². The zero-order valence-electron chi connectivity index (χ0n) is 9.86. The van der Waals surface area contributed by atoms with E-state index < -0.39 is 17.3 Å². The zero-order chi connectivity index (χ0) is 12.6. The largest absolute Gasteiger partial charge is 0.480 e. The van der Waals surface area contributed by atoms with Gasteiger partial charge in [-0.1, -0.05) is 0 Å². The molecule has 2 N–H and O–H groups in total. The summed E-state index contributed by atoms with van der Waals surface area (Å²) in [5.41, 5.74) is 0.698. The van der Waals surface area contributed by atoms with Crippen molar-refractivity contribution in [2.45, 2.75) is 26.3 Å². The minimum absolute atomic E-state index is 0.327. The maximum absolute atomic E-state index is 11.7. The van der Waals surface area contributed by atoms with Gasteiger partial charge in [0.05, 0.1) is 6.20 Å². The van der Waals surface area contributed by atoms with E-state index in [1.807, 2.05) is 14.0 Å². The lowest BCUT2D eigenvalue weighted by Gasteiger charge is -2.10. The van der Waals surface area contributed by atoms with Crippen LogP contribution in [-0.4, -0.2) is 26.8 Å². The first-order valence-corrected chi connectivity index (χ1v) is 5.46. The quantitative estimate of drug-likeness (QED) is 0.733. The highest BCUT2D eigenvalue weighted by atomic mass is 16.4. The lowest BCUT2D eigenvalue weighted by Crippen LogP contribution is -2.36. The number of aromatic nitrogens is 2. The third-order valence-electron chi connectivity index (χ3n) is 3.37. The summed E-state index contributed by atoms with van der Waals surface area (Å²) in [7, 11) is 1.82.